The third kappa shape index (κ3) is 6.04. The van der Waals surface area contributed by atoms with Crippen molar-refractivity contribution in [3.05, 3.63) is 105 Å². The Balaban J connectivity index is 1.28. The van der Waals surface area contributed by atoms with Crippen LogP contribution in [0, 0.1) is 6.92 Å². The summed E-state index contributed by atoms with van der Waals surface area (Å²) in [6, 6.07) is 19.8. The van der Waals surface area contributed by atoms with Gasteiger partial charge in [-0.1, -0.05) is 12.1 Å². The first-order valence-corrected chi connectivity index (χ1v) is 11.1. The Morgan fingerprint density at radius 3 is 2.28 bits per heavy atom. The average molecular weight is 485 g/mol. The maximum atomic E-state index is 12.3. The molecule has 182 valence electrons. The van der Waals surface area contributed by atoms with E-state index in [4.69, 9.17) is 13.9 Å². The number of carbonyl (C=O) groups is 3. The molecule has 3 aromatic carbocycles. The van der Waals surface area contributed by atoms with E-state index in [1.54, 1.807) is 60.7 Å². The Bertz CT molecular complexity index is 1490. The largest absolute Gasteiger partial charge is 0.489 e. The zero-order chi connectivity index (χ0) is 25.7. The summed E-state index contributed by atoms with van der Waals surface area (Å²) in [6.07, 6.45) is 0. The topological polar surface area (TPSA) is 112 Å². The van der Waals surface area contributed by atoms with Crippen molar-refractivity contribution >= 4 is 34.3 Å². The Kier molecular flexibility index (Phi) is 7.25. The van der Waals surface area contributed by atoms with Crippen molar-refractivity contribution < 1.29 is 28.3 Å². The Labute approximate surface area is 206 Å². The highest BCUT2D eigenvalue weighted by Crippen LogP contribution is 2.23. The number of esters is 1. The van der Waals surface area contributed by atoms with Crippen LogP contribution in [0.5, 0.6) is 5.75 Å². The van der Waals surface area contributed by atoms with E-state index < -0.39 is 24.1 Å². The molecule has 4 rings (SSSR count). The number of fused-ring (bicyclic) bond motifs is 1. The second kappa shape index (κ2) is 10.7. The molecule has 1 aromatic heterocycles. The molecule has 0 aliphatic rings. The SMILES string of the molecule is CC(=O)c1ccc(NC(=O)COC(=O)c2ccc(COc3ccc4c(C)cc(=O)oc4c3)cc2)cc1. The van der Waals surface area contributed by atoms with Gasteiger partial charge in [0.05, 0.1) is 5.56 Å². The first-order valence-electron chi connectivity index (χ1n) is 11.1. The summed E-state index contributed by atoms with van der Waals surface area (Å²) in [5, 5.41) is 3.44. The van der Waals surface area contributed by atoms with Crippen LogP contribution in [0.3, 0.4) is 0 Å². The van der Waals surface area contributed by atoms with Gasteiger partial charge in [0, 0.05) is 28.8 Å². The number of amides is 1. The number of rotatable bonds is 8. The molecule has 0 unspecified atom stereocenters. The molecule has 0 atom stereocenters. The Hall–Kier alpha value is -4.72. The van der Waals surface area contributed by atoms with Crippen LogP contribution in [0.4, 0.5) is 5.69 Å². The van der Waals surface area contributed by atoms with Crippen LogP contribution in [0.25, 0.3) is 11.0 Å². The lowest BCUT2D eigenvalue weighted by molar-refractivity contribution is -0.119. The molecule has 0 spiro atoms. The highest BCUT2D eigenvalue weighted by molar-refractivity contribution is 5.97. The van der Waals surface area contributed by atoms with E-state index in [9.17, 15) is 19.2 Å². The molecule has 8 nitrogen and oxygen atoms in total. The molecule has 0 saturated carbocycles. The van der Waals surface area contributed by atoms with Gasteiger partial charge in [-0.25, -0.2) is 9.59 Å². The van der Waals surface area contributed by atoms with E-state index in [1.165, 1.54) is 13.0 Å². The average Bonchev–Trinajstić information content (AvgIpc) is 2.86. The minimum absolute atomic E-state index is 0.0713. The van der Waals surface area contributed by atoms with Crippen LogP contribution >= 0.6 is 0 Å². The van der Waals surface area contributed by atoms with Gasteiger partial charge >= 0.3 is 11.6 Å². The van der Waals surface area contributed by atoms with E-state index in [0.29, 0.717) is 28.1 Å². The van der Waals surface area contributed by atoms with Crippen LogP contribution in [0.2, 0.25) is 0 Å². The summed E-state index contributed by atoms with van der Waals surface area (Å²) in [4.78, 5) is 47.3. The van der Waals surface area contributed by atoms with Crippen molar-refractivity contribution in [1.29, 1.82) is 0 Å². The number of ketones is 1. The number of hydrogen-bond donors (Lipinski definition) is 1. The number of hydrogen-bond acceptors (Lipinski definition) is 7. The quantitative estimate of drug-likeness (QED) is 0.219. The van der Waals surface area contributed by atoms with Gasteiger partial charge in [0.25, 0.3) is 5.91 Å². The number of anilines is 1. The molecule has 0 radical (unpaired) electrons. The van der Waals surface area contributed by atoms with Gasteiger partial charge < -0.3 is 19.2 Å². The fourth-order valence-electron chi connectivity index (χ4n) is 3.50. The molecular weight excluding hydrogens is 462 g/mol. The molecule has 0 bridgehead atoms. The molecule has 1 N–H and O–H groups in total. The van der Waals surface area contributed by atoms with Crippen molar-refractivity contribution in [2.45, 2.75) is 20.5 Å². The van der Waals surface area contributed by atoms with Crippen molar-refractivity contribution in [2.75, 3.05) is 11.9 Å². The maximum absolute atomic E-state index is 12.3. The second-order valence-electron chi connectivity index (χ2n) is 8.15. The zero-order valence-corrected chi connectivity index (χ0v) is 19.7. The van der Waals surface area contributed by atoms with E-state index in [-0.39, 0.29) is 12.4 Å². The van der Waals surface area contributed by atoms with Gasteiger partial charge in [-0.05, 0) is 73.5 Å². The van der Waals surface area contributed by atoms with Crippen molar-refractivity contribution in [3.8, 4) is 5.75 Å². The Morgan fingerprint density at radius 2 is 1.58 bits per heavy atom. The molecule has 0 aliphatic heterocycles. The van der Waals surface area contributed by atoms with Crippen LogP contribution in [0.1, 0.15) is 38.8 Å². The number of ether oxygens (including phenoxy) is 2. The monoisotopic (exact) mass is 485 g/mol. The summed E-state index contributed by atoms with van der Waals surface area (Å²) in [5.74, 6) is -0.658. The maximum Gasteiger partial charge on any atom is 0.338 e. The molecule has 0 saturated heterocycles. The normalized spacial score (nSPS) is 10.6. The first-order chi connectivity index (χ1) is 17.3. The molecular formula is C28H23NO7. The van der Waals surface area contributed by atoms with Gasteiger partial charge in [0.1, 0.15) is 17.9 Å². The van der Waals surface area contributed by atoms with E-state index in [1.807, 2.05) is 13.0 Å². The second-order valence-corrected chi connectivity index (χ2v) is 8.15. The lowest BCUT2D eigenvalue weighted by atomic mass is 10.1. The number of benzene rings is 3. The number of aryl methyl sites for hydroxylation is 1. The van der Waals surface area contributed by atoms with E-state index >= 15 is 0 Å². The summed E-state index contributed by atoms with van der Waals surface area (Å²) in [6.45, 7) is 3.09. The van der Waals surface area contributed by atoms with Gasteiger partial charge in [0.15, 0.2) is 12.4 Å². The van der Waals surface area contributed by atoms with Crippen molar-refractivity contribution in [2.24, 2.45) is 0 Å². The summed E-state index contributed by atoms with van der Waals surface area (Å²) < 4.78 is 16.1. The minimum atomic E-state index is -0.635. The predicted molar refractivity (Wildman–Crippen MR) is 133 cm³/mol. The summed E-state index contributed by atoms with van der Waals surface area (Å²) in [5.41, 5.74) is 3.00. The molecule has 0 fully saturated rings. The minimum Gasteiger partial charge on any atom is -0.489 e. The van der Waals surface area contributed by atoms with Crippen LogP contribution in [-0.2, 0) is 16.1 Å². The molecule has 1 heterocycles. The number of carbonyl (C=O) groups excluding carboxylic acids is 3. The first kappa shape index (κ1) is 24.4. The highest BCUT2D eigenvalue weighted by Gasteiger charge is 2.11. The summed E-state index contributed by atoms with van der Waals surface area (Å²) >= 11 is 0. The lowest BCUT2D eigenvalue weighted by Gasteiger charge is -2.09. The smallest absolute Gasteiger partial charge is 0.338 e. The van der Waals surface area contributed by atoms with Crippen LogP contribution < -0.4 is 15.7 Å². The lowest BCUT2D eigenvalue weighted by Crippen LogP contribution is -2.21. The van der Waals surface area contributed by atoms with Gasteiger partial charge in [-0.15, -0.1) is 0 Å². The molecule has 4 aromatic rings. The van der Waals surface area contributed by atoms with Crippen LogP contribution in [0.15, 0.2) is 82.0 Å². The molecule has 8 heteroatoms. The third-order valence-electron chi connectivity index (χ3n) is 5.43. The predicted octanol–water partition coefficient (Wildman–Crippen LogP) is 4.68. The van der Waals surface area contributed by atoms with Crippen molar-refractivity contribution in [3.63, 3.8) is 0 Å². The third-order valence-corrected chi connectivity index (χ3v) is 5.43. The highest BCUT2D eigenvalue weighted by atomic mass is 16.5. The molecule has 1 amide bonds. The Morgan fingerprint density at radius 1 is 0.889 bits per heavy atom. The van der Waals surface area contributed by atoms with E-state index in [0.717, 1.165) is 16.5 Å². The fourth-order valence-corrected chi connectivity index (χ4v) is 3.50. The zero-order valence-electron chi connectivity index (χ0n) is 19.7. The number of nitrogens with one attached hydrogen (secondary N) is 1. The fraction of sp³-hybridized carbons (Fsp3) is 0.143. The molecule has 36 heavy (non-hydrogen) atoms. The molecule has 0 aliphatic carbocycles. The van der Waals surface area contributed by atoms with Crippen molar-refractivity contribution in [1.82, 2.24) is 0 Å². The summed E-state index contributed by atoms with van der Waals surface area (Å²) in [7, 11) is 0. The van der Waals surface area contributed by atoms with Gasteiger partial charge in [-0.2, -0.15) is 0 Å². The standard InChI is InChI=1S/C28H23NO7/c1-17-13-27(32)36-25-14-23(11-12-24(17)25)34-15-19-3-5-21(6-4-19)28(33)35-16-26(31)29-22-9-7-20(8-10-22)18(2)30/h3-14H,15-16H2,1-2H3,(H,29,31). The van der Waals surface area contributed by atoms with E-state index in [2.05, 4.69) is 5.32 Å². The van der Waals surface area contributed by atoms with Gasteiger partial charge in [-0.3, -0.25) is 9.59 Å². The van der Waals surface area contributed by atoms with Gasteiger partial charge in [0.2, 0.25) is 0 Å². The van der Waals surface area contributed by atoms with Crippen LogP contribution in [-0.4, -0.2) is 24.3 Å². The number of Topliss-reactive ketones (excluding diaryl/α,β-unsaturated/α-hetero) is 1.